The maximum Gasteiger partial charge on any atom is 0.276 e. The van der Waals surface area contributed by atoms with E-state index >= 15 is 0 Å². The van der Waals surface area contributed by atoms with Crippen LogP contribution in [0, 0.1) is 0 Å². The molecule has 6 nitrogen and oxygen atoms in total. The quantitative estimate of drug-likeness (QED) is 0.372. The van der Waals surface area contributed by atoms with Crippen molar-refractivity contribution < 1.29 is 9.47 Å². The third-order valence-electron chi connectivity index (χ3n) is 5.48. The summed E-state index contributed by atoms with van der Waals surface area (Å²) < 4.78 is 13.2. The molecular formula is C25H21N3O3S. The Morgan fingerprint density at radius 2 is 1.78 bits per heavy atom. The first-order valence-corrected chi connectivity index (χ1v) is 11.1. The summed E-state index contributed by atoms with van der Waals surface area (Å²) in [7, 11) is 3.23. The summed E-state index contributed by atoms with van der Waals surface area (Å²) in [5.41, 5.74) is 3.50. The molecule has 7 heteroatoms. The number of para-hydroxylation sites is 1. The second kappa shape index (κ2) is 8.43. The van der Waals surface area contributed by atoms with Gasteiger partial charge in [0, 0.05) is 34.5 Å². The minimum Gasteiger partial charge on any atom is -0.497 e. The van der Waals surface area contributed by atoms with Crippen molar-refractivity contribution >= 4 is 32.3 Å². The van der Waals surface area contributed by atoms with E-state index in [1.54, 1.807) is 20.4 Å². The van der Waals surface area contributed by atoms with Crippen LogP contribution in [0.15, 0.2) is 71.0 Å². The van der Waals surface area contributed by atoms with Crippen LogP contribution in [0.5, 0.6) is 11.5 Å². The van der Waals surface area contributed by atoms with Gasteiger partial charge in [-0.3, -0.25) is 9.78 Å². The third kappa shape index (κ3) is 3.71. The van der Waals surface area contributed by atoms with E-state index < -0.39 is 0 Å². The van der Waals surface area contributed by atoms with Crippen molar-refractivity contribution in [1.29, 1.82) is 0 Å². The first-order chi connectivity index (χ1) is 15.7. The monoisotopic (exact) mass is 443 g/mol. The first kappa shape index (κ1) is 20.2. The lowest BCUT2D eigenvalue weighted by Crippen LogP contribution is -2.23. The summed E-state index contributed by atoms with van der Waals surface area (Å²) in [6, 6.07) is 17.7. The van der Waals surface area contributed by atoms with E-state index in [9.17, 15) is 4.79 Å². The molecule has 0 N–H and O–H groups in total. The molecule has 0 spiro atoms. The van der Waals surface area contributed by atoms with Gasteiger partial charge in [0.1, 0.15) is 11.5 Å². The van der Waals surface area contributed by atoms with Gasteiger partial charge in [-0.2, -0.15) is 5.10 Å². The highest BCUT2D eigenvalue weighted by Gasteiger charge is 2.15. The molecule has 0 aliphatic rings. The molecule has 3 heterocycles. The van der Waals surface area contributed by atoms with E-state index in [2.05, 4.69) is 11.2 Å². The highest BCUT2D eigenvalue weighted by Crippen LogP contribution is 2.35. The fourth-order valence-electron chi connectivity index (χ4n) is 3.79. The maximum atomic E-state index is 13.4. The zero-order chi connectivity index (χ0) is 22.1. The van der Waals surface area contributed by atoms with Crippen LogP contribution in [0.2, 0.25) is 0 Å². The van der Waals surface area contributed by atoms with Crippen molar-refractivity contribution in [2.75, 3.05) is 14.2 Å². The lowest BCUT2D eigenvalue weighted by Gasteiger charge is -2.09. The summed E-state index contributed by atoms with van der Waals surface area (Å²) in [6.45, 7) is 0.455. The first-order valence-electron chi connectivity index (χ1n) is 10.2. The van der Waals surface area contributed by atoms with Crippen LogP contribution in [0.25, 0.3) is 32.1 Å². The average Bonchev–Trinajstić information content (AvgIpc) is 3.28. The Balaban J connectivity index is 1.50. The fourth-order valence-corrected chi connectivity index (χ4v) is 4.72. The second-order valence-corrected chi connectivity index (χ2v) is 8.32. The SMILES string of the molecule is COc1cc(OC)cc(-c2csc3cnn(CCc4ccc5ccccc5n4)c(=O)c23)c1. The van der Waals surface area contributed by atoms with Crippen LogP contribution in [-0.2, 0) is 13.0 Å². The zero-order valence-corrected chi connectivity index (χ0v) is 18.6. The Morgan fingerprint density at radius 1 is 1.00 bits per heavy atom. The van der Waals surface area contributed by atoms with Crippen LogP contribution in [0.3, 0.4) is 0 Å². The van der Waals surface area contributed by atoms with Crippen LogP contribution < -0.4 is 15.0 Å². The van der Waals surface area contributed by atoms with Crippen LogP contribution in [-0.4, -0.2) is 29.0 Å². The van der Waals surface area contributed by atoms with E-state index in [1.807, 2.05) is 53.9 Å². The number of methoxy groups -OCH3 is 2. The van der Waals surface area contributed by atoms with Gasteiger partial charge >= 0.3 is 0 Å². The van der Waals surface area contributed by atoms with Gasteiger partial charge in [-0.1, -0.05) is 24.3 Å². The number of thiophene rings is 1. The molecule has 2 aromatic carbocycles. The lowest BCUT2D eigenvalue weighted by atomic mass is 10.1. The number of aromatic nitrogens is 3. The molecule has 5 aromatic rings. The fraction of sp³-hybridized carbons (Fsp3) is 0.160. The van der Waals surface area contributed by atoms with E-state index in [4.69, 9.17) is 14.5 Å². The second-order valence-electron chi connectivity index (χ2n) is 7.41. The van der Waals surface area contributed by atoms with Crippen molar-refractivity contribution in [2.24, 2.45) is 0 Å². The largest absolute Gasteiger partial charge is 0.497 e. The van der Waals surface area contributed by atoms with Gasteiger partial charge in [-0.25, -0.2) is 4.68 Å². The molecule has 0 saturated heterocycles. The van der Waals surface area contributed by atoms with E-state index in [1.165, 1.54) is 16.0 Å². The number of hydrogen-bond donors (Lipinski definition) is 0. The Kier molecular flexibility index (Phi) is 5.33. The van der Waals surface area contributed by atoms with Gasteiger partial charge in [0.05, 0.1) is 42.6 Å². The number of ether oxygens (including phenoxy) is 2. The molecular weight excluding hydrogens is 422 g/mol. The van der Waals surface area contributed by atoms with Gasteiger partial charge in [0.25, 0.3) is 5.56 Å². The Labute approximate surface area is 188 Å². The number of benzene rings is 2. The topological polar surface area (TPSA) is 66.2 Å². The molecule has 0 bridgehead atoms. The summed E-state index contributed by atoms with van der Waals surface area (Å²) in [5.74, 6) is 1.35. The predicted octanol–water partition coefficient (Wildman–Crippen LogP) is 4.93. The number of fused-ring (bicyclic) bond motifs is 2. The predicted molar refractivity (Wildman–Crippen MR) is 128 cm³/mol. The number of hydrogen-bond acceptors (Lipinski definition) is 6. The van der Waals surface area contributed by atoms with Gasteiger partial charge < -0.3 is 9.47 Å². The Morgan fingerprint density at radius 3 is 2.56 bits per heavy atom. The van der Waals surface area contributed by atoms with Gasteiger partial charge in [0.15, 0.2) is 0 Å². The number of rotatable bonds is 6. The summed E-state index contributed by atoms with van der Waals surface area (Å²) in [6.07, 6.45) is 2.38. The van der Waals surface area contributed by atoms with Crippen LogP contribution in [0.4, 0.5) is 0 Å². The molecule has 0 atom stereocenters. The van der Waals surface area contributed by atoms with Crippen molar-refractivity contribution in [2.45, 2.75) is 13.0 Å². The molecule has 0 saturated carbocycles. The average molecular weight is 444 g/mol. The molecule has 0 aliphatic heterocycles. The summed E-state index contributed by atoms with van der Waals surface area (Å²) in [4.78, 5) is 18.1. The zero-order valence-electron chi connectivity index (χ0n) is 17.7. The lowest BCUT2D eigenvalue weighted by molar-refractivity contribution is 0.394. The molecule has 3 aromatic heterocycles. The summed E-state index contributed by atoms with van der Waals surface area (Å²) >= 11 is 1.50. The van der Waals surface area contributed by atoms with Crippen LogP contribution in [0.1, 0.15) is 5.69 Å². The molecule has 0 amide bonds. The molecule has 32 heavy (non-hydrogen) atoms. The summed E-state index contributed by atoms with van der Waals surface area (Å²) in [5, 5.41) is 8.14. The smallest absolute Gasteiger partial charge is 0.276 e. The van der Waals surface area contributed by atoms with E-state index in [0.29, 0.717) is 29.9 Å². The van der Waals surface area contributed by atoms with Gasteiger partial charge in [-0.15, -0.1) is 11.3 Å². The van der Waals surface area contributed by atoms with E-state index in [0.717, 1.165) is 32.4 Å². The number of nitrogens with zero attached hydrogens (tertiary/aromatic N) is 3. The molecule has 0 radical (unpaired) electrons. The van der Waals surface area contributed by atoms with Gasteiger partial charge in [-0.05, 0) is 29.8 Å². The Hall–Kier alpha value is -3.71. The molecule has 0 unspecified atom stereocenters. The minimum absolute atomic E-state index is 0.110. The maximum absolute atomic E-state index is 13.4. The van der Waals surface area contributed by atoms with Crippen molar-refractivity contribution in [3.8, 4) is 22.6 Å². The number of pyridine rings is 1. The van der Waals surface area contributed by atoms with Gasteiger partial charge in [0.2, 0.25) is 0 Å². The highest BCUT2D eigenvalue weighted by atomic mass is 32.1. The number of aryl methyl sites for hydroxylation is 2. The van der Waals surface area contributed by atoms with Crippen molar-refractivity contribution in [3.05, 3.63) is 82.2 Å². The Bertz CT molecular complexity index is 1470. The van der Waals surface area contributed by atoms with Crippen molar-refractivity contribution in [1.82, 2.24) is 14.8 Å². The highest BCUT2D eigenvalue weighted by molar-refractivity contribution is 7.17. The molecule has 0 aliphatic carbocycles. The minimum atomic E-state index is -0.110. The van der Waals surface area contributed by atoms with Crippen molar-refractivity contribution in [3.63, 3.8) is 0 Å². The molecule has 5 rings (SSSR count). The molecule has 160 valence electrons. The van der Waals surface area contributed by atoms with E-state index in [-0.39, 0.29) is 5.56 Å². The standard InChI is InChI=1S/C25H21N3O3S/c1-30-19-11-17(12-20(13-19)31-2)21-15-32-23-14-26-28(25(29)24(21)23)10-9-18-8-7-16-5-3-4-6-22(16)27-18/h3-8,11-15H,9-10H2,1-2H3. The van der Waals surface area contributed by atoms with Crippen LogP contribution >= 0.6 is 11.3 Å². The third-order valence-corrected chi connectivity index (χ3v) is 6.40. The normalized spacial score (nSPS) is 11.2. The molecule has 0 fully saturated rings.